The van der Waals surface area contributed by atoms with Crippen LogP contribution in [0.15, 0.2) is 53.1 Å². The van der Waals surface area contributed by atoms with Gasteiger partial charge in [-0.3, -0.25) is 9.59 Å². The second-order valence-corrected chi connectivity index (χ2v) is 6.89. The van der Waals surface area contributed by atoms with Gasteiger partial charge in [0.15, 0.2) is 0 Å². The molecule has 6 nitrogen and oxygen atoms in total. The summed E-state index contributed by atoms with van der Waals surface area (Å²) in [5.41, 5.74) is 3.45. The highest BCUT2D eigenvalue weighted by Crippen LogP contribution is 2.26. The minimum Gasteiger partial charge on any atom is -0.497 e. The van der Waals surface area contributed by atoms with E-state index >= 15 is 0 Å². The van der Waals surface area contributed by atoms with Crippen molar-refractivity contribution in [3.8, 4) is 5.75 Å². The Kier molecular flexibility index (Phi) is 5.02. The maximum atomic E-state index is 12.3. The first kappa shape index (κ1) is 18.1. The fourth-order valence-corrected chi connectivity index (χ4v) is 3.48. The number of carbonyl (C=O) groups is 2. The molecule has 0 spiro atoms. The second kappa shape index (κ2) is 7.76. The van der Waals surface area contributed by atoms with Gasteiger partial charge in [-0.25, -0.2) is 0 Å². The first-order valence-corrected chi connectivity index (χ1v) is 9.34. The van der Waals surface area contributed by atoms with Crippen LogP contribution in [-0.2, 0) is 22.6 Å². The van der Waals surface area contributed by atoms with Crippen molar-refractivity contribution in [3.63, 3.8) is 0 Å². The number of hydrogen-bond acceptors (Lipinski definition) is 4. The molecule has 1 N–H and O–H groups in total. The smallest absolute Gasteiger partial charge is 0.227 e. The minimum atomic E-state index is -0.0719. The van der Waals surface area contributed by atoms with E-state index in [1.165, 1.54) is 0 Å². The molecule has 144 valence electrons. The third-order valence-electron chi connectivity index (χ3n) is 5.03. The predicted octanol–water partition coefficient (Wildman–Crippen LogP) is 3.43. The largest absolute Gasteiger partial charge is 0.497 e. The molecule has 2 aromatic carbocycles. The lowest BCUT2D eigenvalue weighted by Crippen LogP contribution is -2.25. The number of amides is 2. The molecule has 1 aliphatic heterocycles. The van der Waals surface area contributed by atoms with E-state index < -0.39 is 0 Å². The van der Waals surface area contributed by atoms with Crippen molar-refractivity contribution in [3.05, 3.63) is 59.9 Å². The number of nitrogens with zero attached hydrogens (tertiary/aromatic N) is 1. The van der Waals surface area contributed by atoms with Crippen LogP contribution in [0.4, 0.5) is 5.69 Å². The Hall–Kier alpha value is -3.28. The Labute approximate surface area is 163 Å². The summed E-state index contributed by atoms with van der Waals surface area (Å²) < 4.78 is 10.7. The number of anilines is 1. The third-order valence-corrected chi connectivity index (χ3v) is 5.03. The Morgan fingerprint density at radius 2 is 2.04 bits per heavy atom. The monoisotopic (exact) mass is 378 g/mol. The number of rotatable bonds is 6. The van der Waals surface area contributed by atoms with Crippen molar-refractivity contribution in [2.45, 2.75) is 25.8 Å². The number of nitrogens with one attached hydrogen (secondary N) is 1. The zero-order valence-corrected chi connectivity index (χ0v) is 15.7. The normalized spacial score (nSPS) is 13.9. The molecule has 0 bridgehead atoms. The van der Waals surface area contributed by atoms with Crippen LogP contribution in [0.2, 0.25) is 0 Å². The lowest BCUT2D eigenvalue weighted by atomic mass is 10.1. The Bertz CT molecular complexity index is 1010. The summed E-state index contributed by atoms with van der Waals surface area (Å²) in [7, 11) is 1.61. The van der Waals surface area contributed by atoms with Gasteiger partial charge < -0.3 is 19.4 Å². The number of hydrogen-bond donors (Lipinski definition) is 1. The van der Waals surface area contributed by atoms with Crippen LogP contribution in [-0.4, -0.2) is 25.5 Å². The van der Waals surface area contributed by atoms with Crippen LogP contribution in [0.1, 0.15) is 24.0 Å². The summed E-state index contributed by atoms with van der Waals surface area (Å²) in [5, 5.41) is 3.85. The first-order valence-electron chi connectivity index (χ1n) is 9.34. The van der Waals surface area contributed by atoms with E-state index in [4.69, 9.17) is 9.15 Å². The standard InChI is InChI=1S/C22H22N2O4/c1-27-18-8-9-19-16(14-28-20(19)12-18)11-21(25)23-13-15-4-6-17(7-5-15)24-10-2-3-22(24)26/h4-9,12,14H,2-3,10-11,13H2,1H3,(H,23,25). The SMILES string of the molecule is COc1ccc2c(CC(=O)NCc3ccc(N4CCCC4=O)cc3)coc2c1. The molecule has 3 aromatic rings. The van der Waals surface area contributed by atoms with Crippen LogP contribution < -0.4 is 15.0 Å². The summed E-state index contributed by atoms with van der Waals surface area (Å²) in [5.74, 6) is 0.820. The summed E-state index contributed by atoms with van der Waals surface area (Å²) in [6, 6.07) is 13.3. The van der Waals surface area contributed by atoms with Crippen molar-refractivity contribution >= 4 is 28.5 Å². The van der Waals surface area contributed by atoms with Crippen molar-refractivity contribution in [2.75, 3.05) is 18.6 Å². The highest BCUT2D eigenvalue weighted by Gasteiger charge is 2.21. The molecule has 6 heteroatoms. The predicted molar refractivity (Wildman–Crippen MR) is 106 cm³/mol. The quantitative estimate of drug-likeness (QED) is 0.713. The van der Waals surface area contributed by atoms with Gasteiger partial charge in [-0.1, -0.05) is 12.1 Å². The van der Waals surface area contributed by atoms with Crippen molar-refractivity contribution < 1.29 is 18.7 Å². The lowest BCUT2D eigenvalue weighted by molar-refractivity contribution is -0.120. The average Bonchev–Trinajstić information content (AvgIpc) is 3.32. The molecular formula is C22H22N2O4. The van der Waals surface area contributed by atoms with Crippen molar-refractivity contribution in [1.29, 1.82) is 0 Å². The number of benzene rings is 2. The number of furan rings is 1. The molecule has 1 fully saturated rings. The molecule has 0 radical (unpaired) electrons. The van der Waals surface area contributed by atoms with Gasteiger partial charge in [0.05, 0.1) is 19.8 Å². The third kappa shape index (κ3) is 3.71. The molecule has 1 aromatic heterocycles. The number of ether oxygens (including phenoxy) is 1. The molecule has 1 aliphatic rings. The van der Waals surface area contributed by atoms with E-state index in [1.807, 2.05) is 42.5 Å². The highest BCUT2D eigenvalue weighted by atomic mass is 16.5. The first-order chi connectivity index (χ1) is 13.6. The number of carbonyl (C=O) groups excluding carboxylic acids is 2. The van der Waals surface area contributed by atoms with Crippen molar-refractivity contribution in [1.82, 2.24) is 5.32 Å². The lowest BCUT2D eigenvalue weighted by Gasteiger charge is -2.16. The van der Waals surface area contributed by atoms with Crippen LogP contribution in [0, 0.1) is 0 Å². The molecule has 0 saturated carbocycles. The van der Waals surface area contributed by atoms with E-state index in [9.17, 15) is 9.59 Å². The number of methoxy groups -OCH3 is 1. The van der Waals surface area contributed by atoms with Gasteiger partial charge in [0.2, 0.25) is 11.8 Å². The minimum absolute atomic E-state index is 0.0719. The van der Waals surface area contributed by atoms with Crippen LogP contribution >= 0.6 is 0 Å². The van der Waals surface area contributed by atoms with E-state index in [-0.39, 0.29) is 18.2 Å². The summed E-state index contributed by atoms with van der Waals surface area (Å²) in [4.78, 5) is 26.0. The van der Waals surface area contributed by atoms with Crippen LogP contribution in [0.3, 0.4) is 0 Å². The number of fused-ring (bicyclic) bond motifs is 1. The van der Waals surface area contributed by atoms with Gasteiger partial charge in [-0.2, -0.15) is 0 Å². The zero-order valence-electron chi connectivity index (χ0n) is 15.7. The van der Waals surface area contributed by atoms with Gasteiger partial charge in [0.25, 0.3) is 0 Å². The molecule has 1 saturated heterocycles. The topological polar surface area (TPSA) is 71.8 Å². The van der Waals surface area contributed by atoms with Crippen LogP contribution in [0.5, 0.6) is 5.75 Å². The molecule has 2 heterocycles. The summed E-state index contributed by atoms with van der Waals surface area (Å²) in [6.45, 7) is 1.22. The summed E-state index contributed by atoms with van der Waals surface area (Å²) >= 11 is 0. The van der Waals surface area contributed by atoms with E-state index in [1.54, 1.807) is 18.3 Å². The highest BCUT2D eigenvalue weighted by molar-refractivity contribution is 5.95. The van der Waals surface area contributed by atoms with Gasteiger partial charge in [0.1, 0.15) is 11.3 Å². The Morgan fingerprint density at radius 1 is 1.21 bits per heavy atom. The molecule has 0 atom stereocenters. The molecule has 0 aliphatic carbocycles. The zero-order chi connectivity index (χ0) is 19.5. The Morgan fingerprint density at radius 3 is 2.75 bits per heavy atom. The fourth-order valence-electron chi connectivity index (χ4n) is 3.48. The van der Waals surface area contributed by atoms with Gasteiger partial charge in [-0.05, 0) is 36.2 Å². The van der Waals surface area contributed by atoms with Gasteiger partial charge in [0, 0.05) is 42.2 Å². The molecule has 2 amide bonds. The van der Waals surface area contributed by atoms with Crippen molar-refractivity contribution in [2.24, 2.45) is 0 Å². The molecule has 28 heavy (non-hydrogen) atoms. The van der Waals surface area contributed by atoms with E-state index in [2.05, 4.69) is 5.32 Å². The average molecular weight is 378 g/mol. The molecule has 4 rings (SSSR count). The molecular weight excluding hydrogens is 356 g/mol. The second-order valence-electron chi connectivity index (χ2n) is 6.89. The Balaban J connectivity index is 1.35. The molecule has 0 unspecified atom stereocenters. The van der Waals surface area contributed by atoms with Gasteiger partial charge in [-0.15, -0.1) is 0 Å². The summed E-state index contributed by atoms with van der Waals surface area (Å²) in [6.07, 6.45) is 3.39. The van der Waals surface area contributed by atoms with Crippen LogP contribution in [0.25, 0.3) is 11.0 Å². The van der Waals surface area contributed by atoms with Gasteiger partial charge >= 0.3 is 0 Å². The fraction of sp³-hybridized carbons (Fsp3) is 0.273. The van der Waals surface area contributed by atoms with E-state index in [0.29, 0.717) is 18.5 Å². The van der Waals surface area contributed by atoms with E-state index in [0.717, 1.165) is 40.9 Å². The maximum absolute atomic E-state index is 12.3. The maximum Gasteiger partial charge on any atom is 0.227 e.